The fourth-order valence-corrected chi connectivity index (χ4v) is 4.99. The van der Waals surface area contributed by atoms with Crippen molar-refractivity contribution in [2.24, 2.45) is 0 Å². The first kappa shape index (κ1) is 30.5. The van der Waals surface area contributed by atoms with Crippen LogP contribution in [-0.4, -0.2) is 19.9 Å². The average molecular weight is 694 g/mol. The van der Waals surface area contributed by atoms with E-state index >= 15 is 0 Å². The summed E-state index contributed by atoms with van der Waals surface area (Å²) in [6.07, 6.45) is 8.63. The molecule has 0 spiro atoms. The van der Waals surface area contributed by atoms with Crippen molar-refractivity contribution in [1.29, 1.82) is 0 Å². The van der Waals surface area contributed by atoms with Gasteiger partial charge in [0.2, 0.25) is 0 Å². The number of rotatable bonds is 2. The number of hydrogen-bond donors (Lipinski definition) is 0. The van der Waals surface area contributed by atoms with Crippen LogP contribution < -0.4 is 0 Å². The first-order valence-electron chi connectivity index (χ1n) is 12.4. The Morgan fingerprint density at radius 1 is 0.476 bits per heavy atom. The van der Waals surface area contributed by atoms with Crippen LogP contribution in [0.4, 0.5) is 0 Å². The molecule has 0 unspecified atom stereocenters. The molecule has 2 heterocycles. The minimum atomic E-state index is -1.33. The van der Waals surface area contributed by atoms with Crippen LogP contribution in [0.25, 0.3) is 54.7 Å². The molecular weight excluding hydrogens is 673 g/mol. The maximum absolute atomic E-state index is 6.13. The first-order valence-corrected chi connectivity index (χ1v) is 17.7. The summed E-state index contributed by atoms with van der Waals surface area (Å²) in [5.74, 6) is 0. The Bertz CT molecular complexity index is 1920. The molecule has 7 rings (SSSR count). The number of aromatic nitrogens is 4. The van der Waals surface area contributed by atoms with Crippen molar-refractivity contribution in [3.8, 4) is 22.3 Å². The first-order chi connectivity index (χ1) is 20.4. The standard InChI is InChI=1S/C16H9ClN2.C16H11ClN2.3ClH.Fe/c17-10-5-6-13-11-3-1-2-4-12(11)15-8-18-9-19-16(15)14(13)7-10;17-14-7-5-12(6-8-14)15-3-1-2-4-16(15)13-9-18-11-19-10-13;;;;/h1-9H;1-11H;3*1H;/q;;;;;+3/p-3. The number of nitrogens with zero attached hydrogens (tertiary/aromatic N) is 4. The Morgan fingerprint density at radius 3 is 1.67 bits per heavy atom. The van der Waals surface area contributed by atoms with Crippen LogP contribution in [0.1, 0.15) is 0 Å². The topological polar surface area (TPSA) is 51.6 Å². The van der Waals surface area contributed by atoms with Crippen LogP contribution >= 0.6 is 53.5 Å². The Kier molecular flexibility index (Phi) is 10.5. The SMILES string of the molecule is Clc1ccc(-c2ccccc2-c2cncnc2)cc1.Clc1ccc2c3ccccc3c3cncnc3c2c1.[Cl][Fe]([Cl])[Cl]. The number of fused-ring (bicyclic) bond motifs is 6. The second kappa shape index (κ2) is 14.5. The van der Waals surface area contributed by atoms with E-state index in [1.165, 1.54) is 22.5 Å². The van der Waals surface area contributed by atoms with Gasteiger partial charge in [0.05, 0.1) is 5.52 Å². The van der Waals surface area contributed by atoms with Gasteiger partial charge in [-0.05, 0) is 57.1 Å². The molecule has 7 aromatic rings. The predicted octanol–water partition coefficient (Wildman–Crippen LogP) is 11.1. The molecule has 0 saturated heterocycles. The normalized spacial score (nSPS) is 10.9. The monoisotopic (exact) mass is 691 g/mol. The maximum atomic E-state index is 6.13. The molecule has 0 aliphatic carbocycles. The summed E-state index contributed by atoms with van der Waals surface area (Å²) in [5, 5.41) is 7.15. The van der Waals surface area contributed by atoms with E-state index in [1.807, 2.05) is 79.3 Å². The molecule has 42 heavy (non-hydrogen) atoms. The van der Waals surface area contributed by atoms with Crippen LogP contribution in [0, 0.1) is 0 Å². The molecule has 0 fully saturated rings. The van der Waals surface area contributed by atoms with Gasteiger partial charge < -0.3 is 0 Å². The number of hydrogen-bond acceptors (Lipinski definition) is 4. The molecule has 0 aliphatic heterocycles. The number of halogens is 5. The second-order valence-corrected chi connectivity index (χ2v) is 15.2. The third kappa shape index (κ3) is 7.31. The van der Waals surface area contributed by atoms with Gasteiger partial charge in [0, 0.05) is 45.0 Å². The van der Waals surface area contributed by atoms with E-state index in [0.29, 0.717) is 0 Å². The molecule has 0 radical (unpaired) electrons. The summed E-state index contributed by atoms with van der Waals surface area (Å²) in [5.41, 5.74) is 5.35. The molecule has 0 N–H and O–H groups in total. The second-order valence-electron chi connectivity index (χ2n) is 8.85. The Labute approximate surface area is 269 Å². The summed E-state index contributed by atoms with van der Waals surface area (Å²) in [6.45, 7) is 0. The van der Waals surface area contributed by atoms with E-state index in [1.54, 1.807) is 6.33 Å². The van der Waals surface area contributed by atoms with E-state index in [4.69, 9.17) is 53.5 Å². The van der Waals surface area contributed by atoms with Crippen LogP contribution in [0.5, 0.6) is 0 Å². The van der Waals surface area contributed by atoms with Crippen LogP contribution in [-0.2, 0) is 11.2 Å². The van der Waals surface area contributed by atoms with Crippen LogP contribution in [0.2, 0.25) is 10.0 Å². The summed E-state index contributed by atoms with van der Waals surface area (Å²) >= 11 is 10.7. The van der Waals surface area contributed by atoms with Gasteiger partial charge in [0.25, 0.3) is 0 Å². The van der Waals surface area contributed by atoms with Crippen LogP contribution in [0.15, 0.2) is 122 Å². The Morgan fingerprint density at radius 2 is 1.00 bits per heavy atom. The third-order valence-corrected chi connectivity index (χ3v) is 6.90. The van der Waals surface area contributed by atoms with Crippen molar-refractivity contribution in [3.05, 3.63) is 132 Å². The van der Waals surface area contributed by atoms with Gasteiger partial charge in [-0.3, -0.25) is 0 Å². The van der Waals surface area contributed by atoms with Crippen molar-refractivity contribution in [2.75, 3.05) is 0 Å². The molecule has 10 heteroatoms. The Balaban J connectivity index is 0.000000149. The van der Waals surface area contributed by atoms with Gasteiger partial charge in [-0.15, -0.1) is 0 Å². The molecule has 5 aromatic carbocycles. The van der Waals surface area contributed by atoms with Crippen molar-refractivity contribution < 1.29 is 11.2 Å². The van der Waals surface area contributed by atoms with Crippen molar-refractivity contribution in [2.45, 2.75) is 0 Å². The van der Waals surface area contributed by atoms with Gasteiger partial charge in [-0.25, -0.2) is 19.9 Å². The molecule has 0 atom stereocenters. The van der Waals surface area contributed by atoms with Crippen molar-refractivity contribution in [3.63, 3.8) is 0 Å². The Hall–Kier alpha value is -2.99. The summed E-state index contributed by atoms with van der Waals surface area (Å²) in [7, 11) is 14.7. The third-order valence-electron chi connectivity index (χ3n) is 6.41. The number of benzene rings is 5. The fourth-order valence-electron chi connectivity index (χ4n) is 4.70. The molecule has 0 saturated carbocycles. The van der Waals surface area contributed by atoms with E-state index in [-0.39, 0.29) is 0 Å². The van der Waals surface area contributed by atoms with Gasteiger partial charge >= 0.3 is 41.5 Å². The summed E-state index contributed by atoms with van der Waals surface area (Å²) in [4.78, 5) is 16.7. The summed E-state index contributed by atoms with van der Waals surface area (Å²) in [6, 6.07) is 30.3. The zero-order chi connectivity index (χ0) is 29.5. The quantitative estimate of drug-likeness (QED) is 0.134. The average Bonchev–Trinajstić information content (AvgIpc) is 3.02. The van der Waals surface area contributed by atoms with E-state index in [9.17, 15) is 0 Å². The van der Waals surface area contributed by atoms with Gasteiger partial charge in [-0.1, -0.05) is 89.9 Å². The molecule has 0 bridgehead atoms. The zero-order valence-corrected chi connectivity index (χ0v) is 26.5. The zero-order valence-electron chi connectivity index (χ0n) is 21.6. The molecular formula is C32H20Cl5FeN4. The van der Waals surface area contributed by atoms with E-state index < -0.39 is 11.2 Å². The van der Waals surface area contributed by atoms with Gasteiger partial charge in [0.1, 0.15) is 12.7 Å². The molecule has 211 valence electrons. The fraction of sp³-hybridized carbons (Fsp3) is 0. The minimum absolute atomic E-state index is 0.725. The molecule has 0 amide bonds. The molecule has 0 aliphatic rings. The molecule has 2 aromatic heterocycles. The van der Waals surface area contributed by atoms with E-state index in [2.05, 4.69) is 50.3 Å². The van der Waals surface area contributed by atoms with Crippen molar-refractivity contribution >= 4 is 85.9 Å². The van der Waals surface area contributed by atoms with Crippen LogP contribution in [0.3, 0.4) is 0 Å². The van der Waals surface area contributed by atoms with Crippen molar-refractivity contribution in [1.82, 2.24) is 19.9 Å². The van der Waals surface area contributed by atoms with Gasteiger partial charge in [0.15, 0.2) is 0 Å². The predicted molar refractivity (Wildman–Crippen MR) is 175 cm³/mol. The molecule has 4 nitrogen and oxygen atoms in total. The van der Waals surface area contributed by atoms with Gasteiger partial charge in [-0.2, -0.15) is 0 Å². The summed E-state index contributed by atoms with van der Waals surface area (Å²) < 4.78 is 0. The van der Waals surface area contributed by atoms with E-state index in [0.717, 1.165) is 48.6 Å².